The van der Waals surface area contributed by atoms with E-state index in [1.165, 1.54) is 0 Å². The highest BCUT2D eigenvalue weighted by Crippen LogP contribution is 2.17. The molecule has 1 heterocycles. The second-order valence-electron chi connectivity index (χ2n) is 5.27. The highest BCUT2D eigenvalue weighted by atomic mass is 16.5. The minimum absolute atomic E-state index is 0.274. The van der Waals surface area contributed by atoms with Crippen molar-refractivity contribution >= 4 is 17.2 Å². The minimum Gasteiger partial charge on any atom is -0.445 e. The molecule has 0 aliphatic carbocycles. The smallest absolute Gasteiger partial charge is 0.407 e. The molecular weight excluding hydrogens is 292 g/mol. The lowest BCUT2D eigenvalue weighted by Gasteiger charge is -2.07. The molecule has 1 amide bonds. The maximum atomic E-state index is 11.7. The Balaban J connectivity index is 1.45. The second-order valence-corrected chi connectivity index (χ2v) is 5.27. The second kappa shape index (κ2) is 6.96. The average Bonchev–Trinajstić information content (AvgIpc) is 2.93. The lowest BCUT2D eigenvalue weighted by atomic mass is 10.1. The van der Waals surface area contributed by atoms with Gasteiger partial charge in [0.1, 0.15) is 12.1 Å². The summed E-state index contributed by atoms with van der Waals surface area (Å²) in [6.45, 7) is 2.60. The monoisotopic (exact) mass is 310 g/mol. The summed E-state index contributed by atoms with van der Waals surface area (Å²) in [4.78, 5) is 15.9. The molecule has 1 N–H and O–H groups in total. The van der Waals surface area contributed by atoms with Gasteiger partial charge in [-0.25, -0.2) is 9.78 Å². The Labute approximate surface area is 134 Å². The number of carbonyl (C=O) groups excluding carboxylic acids is 1. The average molecular weight is 310 g/mol. The Morgan fingerprint density at radius 1 is 1.17 bits per heavy atom. The molecule has 0 radical (unpaired) electrons. The summed E-state index contributed by atoms with van der Waals surface area (Å²) in [7, 11) is 0. The number of hydrogen-bond acceptors (Lipinski definition) is 4. The fourth-order valence-electron chi connectivity index (χ4n) is 2.32. The number of nitrogens with one attached hydrogen (secondary N) is 1. The molecule has 0 bridgehead atoms. The molecule has 23 heavy (non-hydrogen) atoms. The van der Waals surface area contributed by atoms with E-state index < -0.39 is 6.09 Å². The van der Waals surface area contributed by atoms with Gasteiger partial charge in [0.25, 0.3) is 0 Å². The van der Waals surface area contributed by atoms with E-state index in [1.807, 2.05) is 55.5 Å². The molecule has 0 saturated heterocycles. The van der Waals surface area contributed by atoms with Crippen LogP contribution < -0.4 is 5.32 Å². The normalized spacial score (nSPS) is 10.7. The number of oxazole rings is 1. The summed E-state index contributed by atoms with van der Waals surface area (Å²) in [5, 5.41) is 2.75. The molecule has 1 aromatic heterocycles. The molecule has 118 valence electrons. The van der Waals surface area contributed by atoms with Crippen molar-refractivity contribution in [3.63, 3.8) is 0 Å². The lowest BCUT2D eigenvalue weighted by molar-refractivity contribution is 0.140. The number of hydrogen-bond donors (Lipinski definition) is 1. The fourth-order valence-corrected chi connectivity index (χ4v) is 2.32. The number of benzene rings is 2. The largest absolute Gasteiger partial charge is 0.445 e. The van der Waals surface area contributed by atoms with Crippen molar-refractivity contribution in [3.8, 4) is 0 Å². The highest BCUT2D eigenvalue weighted by Gasteiger charge is 2.05. The molecule has 0 unspecified atom stereocenters. The van der Waals surface area contributed by atoms with E-state index in [0.29, 0.717) is 18.9 Å². The van der Waals surface area contributed by atoms with E-state index in [4.69, 9.17) is 9.15 Å². The van der Waals surface area contributed by atoms with Crippen LogP contribution in [0.3, 0.4) is 0 Å². The summed E-state index contributed by atoms with van der Waals surface area (Å²) in [6.07, 6.45) is 0.293. The SMILES string of the molecule is Cc1nc2ccc(CCNC(=O)OCc3ccccc3)cc2o1. The first-order chi connectivity index (χ1) is 11.2. The Morgan fingerprint density at radius 3 is 2.83 bits per heavy atom. The third-order valence-corrected chi connectivity index (χ3v) is 3.46. The van der Waals surface area contributed by atoms with Crippen molar-refractivity contribution in [2.24, 2.45) is 0 Å². The van der Waals surface area contributed by atoms with Crippen LogP contribution in [-0.2, 0) is 17.8 Å². The molecule has 3 aromatic rings. The van der Waals surface area contributed by atoms with E-state index in [2.05, 4.69) is 10.3 Å². The number of rotatable bonds is 5. The maximum absolute atomic E-state index is 11.7. The van der Waals surface area contributed by atoms with Gasteiger partial charge in [-0.2, -0.15) is 0 Å². The van der Waals surface area contributed by atoms with Gasteiger partial charge in [-0.3, -0.25) is 0 Å². The Hall–Kier alpha value is -2.82. The third kappa shape index (κ3) is 4.10. The van der Waals surface area contributed by atoms with Crippen molar-refractivity contribution in [2.45, 2.75) is 20.0 Å². The Bertz CT molecular complexity index is 796. The number of nitrogens with zero attached hydrogens (tertiary/aromatic N) is 1. The van der Waals surface area contributed by atoms with Crippen LogP contribution in [0.5, 0.6) is 0 Å². The van der Waals surface area contributed by atoms with Gasteiger partial charge in [-0.1, -0.05) is 36.4 Å². The van der Waals surface area contributed by atoms with Crippen molar-refractivity contribution < 1.29 is 13.9 Å². The summed E-state index contributed by atoms with van der Waals surface area (Å²) in [5.74, 6) is 0.653. The van der Waals surface area contributed by atoms with Crippen LogP contribution in [0.4, 0.5) is 4.79 Å². The molecule has 5 nitrogen and oxygen atoms in total. The van der Waals surface area contributed by atoms with E-state index in [1.54, 1.807) is 0 Å². The van der Waals surface area contributed by atoms with E-state index in [9.17, 15) is 4.79 Å². The predicted octanol–water partition coefficient (Wildman–Crippen LogP) is 3.61. The van der Waals surface area contributed by atoms with Crippen LogP contribution in [-0.4, -0.2) is 17.6 Å². The number of aryl methyl sites for hydroxylation is 1. The number of amides is 1. The first-order valence-electron chi connectivity index (χ1n) is 7.51. The van der Waals surface area contributed by atoms with Crippen molar-refractivity contribution in [1.82, 2.24) is 10.3 Å². The first-order valence-corrected chi connectivity index (χ1v) is 7.51. The molecule has 0 atom stereocenters. The van der Waals surface area contributed by atoms with Gasteiger partial charge in [0.2, 0.25) is 0 Å². The first kappa shape index (κ1) is 15.1. The van der Waals surface area contributed by atoms with Crippen LogP contribution in [0.2, 0.25) is 0 Å². The Kier molecular flexibility index (Phi) is 4.57. The maximum Gasteiger partial charge on any atom is 0.407 e. The van der Waals surface area contributed by atoms with Gasteiger partial charge in [0.15, 0.2) is 11.5 Å². The van der Waals surface area contributed by atoms with Crippen molar-refractivity contribution in [2.75, 3.05) is 6.54 Å². The van der Waals surface area contributed by atoms with Crippen LogP contribution in [0.25, 0.3) is 11.1 Å². The zero-order chi connectivity index (χ0) is 16.1. The van der Waals surface area contributed by atoms with Crippen molar-refractivity contribution in [1.29, 1.82) is 0 Å². The molecule has 0 aliphatic heterocycles. The number of alkyl carbamates (subject to hydrolysis) is 1. The molecule has 0 aliphatic rings. The number of carbonyl (C=O) groups is 1. The summed E-state index contributed by atoms with van der Waals surface area (Å²) in [5.41, 5.74) is 3.67. The Morgan fingerprint density at radius 2 is 2.00 bits per heavy atom. The summed E-state index contributed by atoms with van der Waals surface area (Å²) in [6, 6.07) is 15.5. The van der Waals surface area contributed by atoms with Crippen molar-refractivity contribution in [3.05, 3.63) is 65.5 Å². The third-order valence-electron chi connectivity index (χ3n) is 3.46. The molecule has 0 spiro atoms. The van der Waals surface area contributed by atoms with Crippen LogP contribution in [0, 0.1) is 6.92 Å². The van der Waals surface area contributed by atoms with Gasteiger partial charge < -0.3 is 14.5 Å². The van der Waals surface area contributed by atoms with E-state index >= 15 is 0 Å². The van der Waals surface area contributed by atoms with E-state index in [0.717, 1.165) is 22.2 Å². The zero-order valence-corrected chi connectivity index (χ0v) is 12.9. The zero-order valence-electron chi connectivity index (χ0n) is 12.9. The van der Waals surface area contributed by atoms with Crippen LogP contribution in [0.15, 0.2) is 52.9 Å². The fraction of sp³-hybridized carbons (Fsp3) is 0.222. The standard InChI is InChI=1S/C18H18N2O3/c1-13-20-16-8-7-14(11-17(16)23-13)9-10-19-18(21)22-12-15-5-3-2-4-6-15/h2-8,11H,9-10,12H2,1H3,(H,19,21). The lowest BCUT2D eigenvalue weighted by Crippen LogP contribution is -2.26. The molecule has 0 fully saturated rings. The topological polar surface area (TPSA) is 64.4 Å². The highest BCUT2D eigenvalue weighted by molar-refractivity contribution is 5.73. The van der Waals surface area contributed by atoms with E-state index in [-0.39, 0.29) is 6.61 Å². The molecule has 5 heteroatoms. The molecule has 2 aromatic carbocycles. The van der Waals surface area contributed by atoms with Crippen LogP contribution in [0.1, 0.15) is 17.0 Å². The van der Waals surface area contributed by atoms with Gasteiger partial charge in [-0.15, -0.1) is 0 Å². The molecule has 3 rings (SSSR count). The number of aromatic nitrogens is 1. The van der Waals surface area contributed by atoms with Gasteiger partial charge in [0.05, 0.1) is 0 Å². The summed E-state index contributed by atoms with van der Waals surface area (Å²) < 4.78 is 10.7. The summed E-state index contributed by atoms with van der Waals surface area (Å²) >= 11 is 0. The van der Waals surface area contributed by atoms with Crippen LogP contribution >= 0.6 is 0 Å². The number of fused-ring (bicyclic) bond motifs is 1. The predicted molar refractivity (Wildman–Crippen MR) is 87.1 cm³/mol. The minimum atomic E-state index is -0.412. The molecule has 0 saturated carbocycles. The quantitative estimate of drug-likeness (QED) is 0.782. The molecular formula is C18H18N2O3. The van der Waals surface area contributed by atoms with Gasteiger partial charge in [0, 0.05) is 13.5 Å². The van der Waals surface area contributed by atoms with Gasteiger partial charge in [-0.05, 0) is 29.7 Å². The number of ether oxygens (including phenoxy) is 1. The van der Waals surface area contributed by atoms with Gasteiger partial charge >= 0.3 is 6.09 Å².